The normalized spacial score (nSPS) is 11.4. The molecule has 0 saturated heterocycles. The van der Waals surface area contributed by atoms with Crippen molar-refractivity contribution in [1.29, 1.82) is 0 Å². The van der Waals surface area contributed by atoms with Gasteiger partial charge in [-0.3, -0.25) is 0 Å². The van der Waals surface area contributed by atoms with E-state index < -0.39 is 18.5 Å². The molecule has 0 aliphatic heterocycles. The van der Waals surface area contributed by atoms with Gasteiger partial charge >= 0.3 is 12.6 Å². The number of halogens is 3. The van der Waals surface area contributed by atoms with Gasteiger partial charge in [-0.1, -0.05) is 13.8 Å². The SMILES string of the molecule is CC(C)(CCO)CNC(=O)Nc1cc(F)ccc1OC(F)F. The molecule has 8 heteroatoms. The lowest BCUT2D eigenvalue weighted by molar-refractivity contribution is -0.0494. The monoisotopic (exact) mass is 320 g/mol. The molecule has 0 atom stereocenters. The van der Waals surface area contributed by atoms with E-state index in [9.17, 15) is 18.0 Å². The lowest BCUT2D eigenvalue weighted by Crippen LogP contribution is -2.37. The van der Waals surface area contributed by atoms with Crippen molar-refractivity contribution in [2.75, 3.05) is 18.5 Å². The highest BCUT2D eigenvalue weighted by atomic mass is 19.3. The van der Waals surface area contributed by atoms with E-state index in [1.54, 1.807) is 0 Å². The number of aliphatic hydroxyl groups is 1. The second-order valence-electron chi connectivity index (χ2n) is 5.46. The number of benzene rings is 1. The van der Waals surface area contributed by atoms with Crippen LogP contribution in [0.2, 0.25) is 0 Å². The smallest absolute Gasteiger partial charge is 0.387 e. The molecule has 0 fully saturated rings. The number of nitrogens with one attached hydrogen (secondary N) is 2. The predicted molar refractivity (Wildman–Crippen MR) is 75.5 cm³/mol. The summed E-state index contributed by atoms with van der Waals surface area (Å²) in [5.74, 6) is -1.03. The van der Waals surface area contributed by atoms with Gasteiger partial charge in [-0.25, -0.2) is 9.18 Å². The van der Waals surface area contributed by atoms with Crippen molar-refractivity contribution in [2.45, 2.75) is 26.9 Å². The van der Waals surface area contributed by atoms with Gasteiger partial charge < -0.3 is 20.5 Å². The molecular weight excluding hydrogens is 301 g/mol. The van der Waals surface area contributed by atoms with Crippen molar-refractivity contribution in [2.24, 2.45) is 5.41 Å². The number of carbonyl (C=O) groups is 1. The average Bonchev–Trinajstić information content (AvgIpc) is 2.39. The average molecular weight is 320 g/mol. The predicted octanol–water partition coefficient (Wildman–Crippen LogP) is 2.96. The Bertz CT molecular complexity index is 510. The van der Waals surface area contributed by atoms with Crippen molar-refractivity contribution in [1.82, 2.24) is 5.32 Å². The minimum absolute atomic E-state index is 0.0213. The van der Waals surface area contributed by atoms with E-state index in [0.29, 0.717) is 6.42 Å². The van der Waals surface area contributed by atoms with Crippen LogP contribution in [0.4, 0.5) is 23.7 Å². The maximum absolute atomic E-state index is 13.2. The first kappa shape index (κ1) is 18.1. The Balaban J connectivity index is 2.69. The summed E-state index contributed by atoms with van der Waals surface area (Å²) in [7, 11) is 0. The van der Waals surface area contributed by atoms with Crippen molar-refractivity contribution < 1.29 is 27.8 Å². The Morgan fingerprint density at radius 3 is 2.68 bits per heavy atom. The molecule has 0 unspecified atom stereocenters. The molecule has 3 N–H and O–H groups in total. The molecule has 1 rings (SSSR count). The van der Waals surface area contributed by atoms with Crippen LogP contribution in [0.5, 0.6) is 5.75 Å². The number of ether oxygens (including phenoxy) is 1. The van der Waals surface area contributed by atoms with E-state index in [0.717, 1.165) is 18.2 Å². The van der Waals surface area contributed by atoms with E-state index in [4.69, 9.17) is 5.11 Å². The van der Waals surface area contributed by atoms with Gasteiger partial charge in [-0.15, -0.1) is 0 Å². The van der Waals surface area contributed by atoms with Gasteiger partial charge in [0.05, 0.1) is 5.69 Å². The first-order valence-corrected chi connectivity index (χ1v) is 6.63. The number of hydrogen-bond acceptors (Lipinski definition) is 3. The van der Waals surface area contributed by atoms with Crippen LogP contribution in [0.3, 0.4) is 0 Å². The van der Waals surface area contributed by atoms with Crippen LogP contribution in [0.1, 0.15) is 20.3 Å². The number of hydrogen-bond donors (Lipinski definition) is 3. The van der Waals surface area contributed by atoms with E-state index >= 15 is 0 Å². The molecule has 0 aliphatic carbocycles. The first-order chi connectivity index (χ1) is 10.2. The third-order valence-electron chi connectivity index (χ3n) is 2.92. The second kappa shape index (κ2) is 7.88. The molecule has 0 bridgehead atoms. The fourth-order valence-electron chi connectivity index (χ4n) is 1.68. The highest BCUT2D eigenvalue weighted by molar-refractivity contribution is 5.90. The zero-order valence-electron chi connectivity index (χ0n) is 12.3. The van der Waals surface area contributed by atoms with Gasteiger partial charge in [0.1, 0.15) is 11.6 Å². The number of urea groups is 1. The molecule has 0 radical (unpaired) electrons. The maximum atomic E-state index is 13.2. The summed E-state index contributed by atoms with van der Waals surface area (Å²) in [5.41, 5.74) is -0.533. The highest BCUT2D eigenvalue weighted by Crippen LogP contribution is 2.27. The summed E-state index contributed by atoms with van der Waals surface area (Å²) in [5, 5.41) is 13.7. The van der Waals surface area contributed by atoms with E-state index in [-0.39, 0.29) is 30.0 Å². The lowest BCUT2D eigenvalue weighted by atomic mass is 9.90. The fraction of sp³-hybridized carbons (Fsp3) is 0.500. The number of amides is 2. The molecule has 1 aromatic carbocycles. The van der Waals surface area contributed by atoms with E-state index in [1.807, 2.05) is 13.8 Å². The number of anilines is 1. The Morgan fingerprint density at radius 2 is 2.09 bits per heavy atom. The maximum Gasteiger partial charge on any atom is 0.387 e. The first-order valence-electron chi connectivity index (χ1n) is 6.63. The van der Waals surface area contributed by atoms with Crippen LogP contribution in [-0.2, 0) is 0 Å². The van der Waals surface area contributed by atoms with Gasteiger partial charge in [0.2, 0.25) is 0 Å². The highest BCUT2D eigenvalue weighted by Gasteiger charge is 2.19. The Morgan fingerprint density at radius 1 is 1.41 bits per heavy atom. The molecule has 2 amide bonds. The summed E-state index contributed by atoms with van der Waals surface area (Å²) in [6.45, 7) is 0.831. The number of alkyl halides is 2. The van der Waals surface area contributed by atoms with Crippen LogP contribution in [0, 0.1) is 11.2 Å². The Kier molecular flexibility index (Phi) is 6.48. The van der Waals surface area contributed by atoms with Gasteiger partial charge in [-0.2, -0.15) is 8.78 Å². The molecule has 0 aromatic heterocycles. The standard InChI is InChI=1S/C14H19F3N2O3/c1-14(2,5-6-20)8-18-13(21)19-10-7-9(15)3-4-11(10)22-12(16)17/h3-4,7,12,20H,5-6,8H2,1-2H3,(H2,18,19,21). The third kappa shape index (κ3) is 6.21. The molecule has 1 aromatic rings. The second-order valence-corrected chi connectivity index (χ2v) is 5.46. The molecule has 0 heterocycles. The van der Waals surface area contributed by atoms with Gasteiger partial charge in [0.25, 0.3) is 0 Å². The topological polar surface area (TPSA) is 70.6 Å². The molecule has 5 nitrogen and oxygen atoms in total. The summed E-state index contributed by atoms with van der Waals surface area (Å²) in [4.78, 5) is 11.8. The summed E-state index contributed by atoms with van der Waals surface area (Å²) in [6, 6.07) is 2.16. The molecule has 124 valence electrons. The lowest BCUT2D eigenvalue weighted by Gasteiger charge is -2.24. The Labute approximate surface area is 126 Å². The van der Waals surface area contributed by atoms with Crippen LogP contribution in [0.25, 0.3) is 0 Å². The van der Waals surface area contributed by atoms with Crippen molar-refractivity contribution in [3.63, 3.8) is 0 Å². The molecule has 0 spiro atoms. The van der Waals surface area contributed by atoms with Crippen molar-refractivity contribution >= 4 is 11.7 Å². The summed E-state index contributed by atoms with van der Waals surface area (Å²) < 4.78 is 41.9. The van der Waals surface area contributed by atoms with Crippen LogP contribution in [-0.4, -0.2) is 30.9 Å². The van der Waals surface area contributed by atoms with Gasteiger partial charge in [0, 0.05) is 19.2 Å². The molecule has 0 saturated carbocycles. The quantitative estimate of drug-likeness (QED) is 0.723. The fourth-order valence-corrected chi connectivity index (χ4v) is 1.68. The zero-order chi connectivity index (χ0) is 16.8. The van der Waals surface area contributed by atoms with E-state index in [1.165, 1.54) is 0 Å². The van der Waals surface area contributed by atoms with Crippen molar-refractivity contribution in [3.05, 3.63) is 24.0 Å². The zero-order valence-corrected chi connectivity index (χ0v) is 12.3. The van der Waals surface area contributed by atoms with Crippen LogP contribution < -0.4 is 15.4 Å². The van der Waals surface area contributed by atoms with Gasteiger partial charge in [-0.05, 0) is 24.0 Å². The number of carbonyl (C=O) groups excluding carboxylic acids is 1. The molecule has 22 heavy (non-hydrogen) atoms. The molecular formula is C14H19F3N2O3. The summed E-state index contributed by atoms with van der Waals surface area (Å²) >= 11 is 0. The number of rotatable bonds is 7. The minimum Gasteiger partial charge on any atom is -0.433 e. The minimum atomic E-state index is -3.09. The molecule has 0 aliphatic rings. The number of aliphatic hydroxyl groups excluding tert-OH is 1. The largest absolute Gasteiger partial charge is 0.433 e. The van der Waals surface area contributed by atoms with Gasteiger partial charge in [0.15, 0.2) is 0 Å². The van der Waals surface area contributed by atoms with Crippen molar-refractivity contribution in [3.8, 4) is 5.75 Å². The van der Waals surface area contributed by atoms with Crippen LogP contribution in [0.15, 0.2) is 18.2 Å². The Hall–Kier alpha value is -1.96. The van der Waals surface area contributed by atoms with Crippen LogP contribution >= 0.6 is 0 Å². The third-order valence-corrected chi connectivity index (χ3v) is 2.92. The summed E-state index contributed by atoms with van der Waals surface area (Å²) in [6.07, 6.45) is 0.479. The van der Waals surface area contributed by atoms with E-state index in [2.05, 4.69) is 15.4 Å².